The number of hydrogen-bond acceptors (Lipinski definition) is 2. The molecule has 1 amide bonds. The number of aliphatic carboxylic acids is 1. The van der Waals surface area contributed by atoms with Crippen LogP contribution in [0.4, 0.5) is 4.79 Å². The summed E-state index contributed by atoms with van der Waals surface area (Å²) in [5.41, 5.74) is 0.662. The Balaban J connectivity index is 2.92. The quantitative estimate of drug-likeness (QED) is 0.591. The average molecular weight is 185 g/mol. The second-order valence-corrected chi connectivity index (χ2v) is 2.83. The maximum atomic E-state index is 10.7. The third kappa shape index (κ3) is 1.63. The SMILES string of the molecule is CC=C1CCN(C(=O)O)C1C(=O)O. The zero-order valence-corrected chi connectivity index (χ0v) is 7.23. The zero-order valence-electron chi connectivity index (χ0n) is 7.23. The minimum atomic E-state index is -1.18. The summed E-state index contributed by atoms with van der Waals surface area (Å²) >= 11 is 0. The van der Waals surface area contributed by atoms with Crippen molar-refractivity contribution in [3.8, 4) is 0 Å². The van der Waals surface area contributed by atoms with Crippen LogP contribution in [0.3, 0.4) is 0 Å². The molecular weight excluding hydrogens is 174 g/mol. The lowest BCUT2D eigenvalue weighted by atomic mass is 10.1. The minimum absolute atomic E-state index is 0.270. The van der Waals surface area contributed by atoms with Crippen molar-refractivity contribution < 1.29 is 19.8 Å². The van der Waals surface area contributed by atoms with Crippen LogP contribution in [0.5, 0.6) is 0 Å². The molecule has 2 N–H and O–H groups in total. The molecule has 1 rings (SSSR count). The number of nitrogens with zero attached hydrogens (tertiary/aromatic N) is 1. The third-order valence-corrected chi connectivity index (χ3v) is 2.15. The lowest BCUT2D eigenvalue weighted by molar-refractivity contribution is -0.140. The fourth-order valence-electron chi connectivity index (χ4n) is 1.52. The van der Waals surface area contributed by atoms with E-state index in [1.54, 1.807) is 13.0 Å². The molecule has 0 aromatic heterocycles. The summed E-state index contributed by atoms with van der Waals surface area (Å²) in [4.78, 5) is 22.3. The standard InChI is InChI=1S/C8H11NO4/c1-2-5-3-4-9(8(12)13)6(5)7(10)11/h2,6H,3-4H2,1H3,(H,10,11)(H,12,13). The molecule has 5 heteroatoms. The number of hydrogen-bond donors (Lipinski definition) is 2. The lowest BCUT2D eigenvalue weighted by Gasteiger charge is -2.17. The summed E-state index contributed by atoms with van der Waals surface area (Å²) in [7, 11) is 0. The molecule has 0 aromatic rings. The monoisotopic (exact) mass is 185 g/mol. The predicted molar refractivity (Wildman–Crippen MR) is 44.5 cm³/mol. The van der Waals surface area contributed by atoms with Crippen LogP contribution in [0.15, 0.2) is 11.6 Å². The molecule has 0 radical (unpaired) electrons. The number of likely N-dealkylation sites (tertiary alicyclic amines) is 1. The number of carbonyl (C=O) groups is 2. The minimum Gasteiger partial charge on any atom is -0.479 e. The first-order chi connectivity index (χ1) is 6.07. The first kappa shape index (κ1) is 9.57. The molecule has 0 saturated carbocycles. The van der Waals surface area contributed by atoms with Gasteiger partial charge in [-0.2, -0.15) is 0 Å². The van der Waals surface area contributed by atoms with Crippen molar-refractivity contribution in [2.75, 3.05) is 6.54 Å². The molecule has 1 unspecified atom stereocenters. The molecule has 1 fully saturated rings. The van der Waals surface area contributed by atoms with Crippen LogP contribution in [-0.4, -0.2) is 39.8 Å². The molecule has 0 bridgehead atoms. The first-order valence-electron chi connectivity index (χ1n) is 3.95. The Morgan fingerprint density at radius 1 is 1.54 bits per heavy atom. The van der Waals surface area contributed by atoms with Crippen molar-refractivity contribution in [2.45, 2.75) is 19.4 Å². The van der Waals surface area contributed by atoms with Gasteiger partial charge in [0.05, 0.1) is 0 Å². The topological polar surface area (TPSA) is 77.8 Å². The summed E-state index contributed by atoms with van der Waals surface area (Å²) in [5, 5.41) is 17.5. The van der Waals surface area contributed by atoms with E-state index < -0.39 is 18.1 Å². The van der Waals surface area contributed by atoms with E-state index in [0.29, 0.717) is 12.0 Å². The first-order valence-corrected chi connectivity index (χ1v) is 3.95. The number of rotatable bonds is 1. The number of amides is 1. The van der Waals surface area contributed by atoms with Gasteiger partial charge in [0.1, 0.15) is 0 Å². The molecule has 5 nitrogen and oxygen atoms in total. The van der Waals surface area contributed by atoms with Gasteiger partial charge in [0.2, 0.25) is 0 Å². The Kier molecular flexibility index (Phi) is 2.55. The van der Waals surface area contributed by atoms with E-state index >= 15 is 0 Å². The van der Waals surface area contributed by atoms with Crippen molar-refractivity contribution >= 4 is 12.1 Å². The second-order valence-electron chi connectivity index (χ2n) is 2.83. The molecule has 0 spiro atoms. The van der Waals surface area contributed by atoms with Gasteiger partial charge in [-0.3, -0.25) is 4.90 Å². The molecule has 72 valence electrons. The van der Waals surface area contributed by atoms with Gasteiger partial charge >= 0.3 is 12.1 Å². The highest BCUT2D eigenvalue weighted by Gasteiger charge is 2.37. The van der Waals surface area contributed by atoms with E-state index in [-0.39, 0.29) is 6.54 Å². The van der Waals surface area contributed by atoms with E-state index in [1.807, 2.05) is 0 Å². The number of carboxylic acid groups (broad SMARTS) is 2. The van der Waals surface area contributed by atoms with Crippen LogP contribution >= 0.6 is 0 Å². The van der Waals surface area contributed by atoms with Crippen LogP contribution < -0.4 is 0 Å². The Morgan fingerprint density at radius 2 is 2.15 bits per heavy atom. The fraction of sp³-hybridized carbons (Fsp3) is 0.500. The molecule has 13 heavy (non-hydrogen) atoms. The largest absolute Gasteiger partial charge is 0.479 e. The molecular formula is C8H11NO4. The van der Waals surface area contributed by atoms with E-state index in [2.05, 4.69) is 0 Å². The van der Waals surface area contributed by atoms with Gasteiger partial charge in [-0.1, -0.05) is 6.08 Å². The van der Waals surface area contributed by atoms with Gasteiger partial charge in [0, 0.05) is 6.54 Å². The third-order valence-electron chi connectivity index (χ3n) is 2.15. The van der Waals surface area contributed by atoms with Gasteiger partial charge in [-0.25, -0.2) is 9.59 Å². The van der Waals surface area contributed by atoms with Crippen molar-refractivity contribution in [1.82, 2.24) is 4.90 Å². The molecule has 1 aliphatic rings. The summed E-state index contributed by atoms with van der Waals surface area (Å²) < 4.78 is 0. The van der Waals surface area contributed by atoms with Gasteiger partial charge in [-0.05, 0) is 18.9 Å². The van der Waals surface area contributed by atoms with E-state index in [4.69, 9.17) is 10.2 Å². The van der Waals surface area contributed by atoms with Crippen molar-refractivity contribution in [3.05, 3.63) is 11.6 Å². The highest BCUT2D eigenvalue weighted by Crippen LogP contribution is 2.23. The second kappa shape index (κ2) is 3.47. The molecule has 0 aliphatic carbocycles. The van der Waals surface area contributed by atoms with Crippen LogP contribution in [0.2, 0.25) is 0 Å². The number of carboxylic acids is 1. The van der Waals surface area contributed by atoms with Gasteiger partial charge in [0.25, 0.3) is 0 Å². The summed E-state index contributed by atoms with van der Waals surface area (Å²) in [6.45, 7) is 1.99. The summed E-state index contributed by atoms with van der Waals surface area (Å²) in [6, 6.07) is -0.984. The predicted octanol–water partition coefficient (Wildman–Crippen LogP) is 0.770. The van der Waals surface area contributed by atoms with E-state index in [1.165, 1.54) is 0 Å². The van der Waals surface area contributed by atoms with E-state index in [9.17, 15) is 9.59 Å². The zero-order chi connectivity index (χ0) is 10.0. The Labute approximate surface area is 75.3 Å². The molecule has 1 saturated heterocycles. The van der Waals surface area contributed by atoms with Gasteiger partial charge < -0.3 is 10.2 Å². The molecule has 1 heterocycles. The molecule has 1 atom stereocenters. The van der Waals surface area contributed by atoms with Crippen molar-refractivity contribution in [1.29, 1.82) is 0 Å². The maximum absolute atomic E-state index is 10.7. The normalized spacial score (nSPS) is 25.2. The van der Waals surface area contributed by atoms with Crippen LogP contribution in [0, 0.1) is 0 Å². The molecule has 0 aromatic carbocycles. The van der Waals surface area contributed by atoms with Gasteiger partial charge in [0.15, 0.2) is 6.04 Å². The summed E-state index contributed by atoms with van der Waals surface area (Å²) in [6.07, 6.45) is 1.01. The number of allylic oxidation sites excluding steroid dienone is 1. The molecule has 1 aliphatic heterocycles. The Morgan fingerprint density at radius 3 is 2.54 bits per heavy atom. The highest BCUT2D eigenvalue weighted by molar-refractivity contribution is 5.83. The Bertz CT molecular complexity index is 271. The smallest absolute Gasteiger partial charge is 0.408 e. The van der Waals surface area contributed by atoms with Crippen LogP contribution in [0.25, 0.3) is 0 Å². The summed E-state index contributed by atoms with van der Waals surface area (Å²) in [5.74, 6) is -1.10. The van der Waals surface area contributed by atoms with Crippen molar-refractivity contribution in [2.24, 2.45) is 0 Å². The van der Waals surface area contributed by atoms with Crippen LogP contribution in [-0.2, 0) is 4.79 Å². The van der Waals surface area contributed by atoms with E-state index in [0.717, 1.165) is 4.90 Å². The maximum Gasteiger partial charge on any atom is 0.408 e. The Hall–Kier alpha value is -1.52. The lowest BCUT2D eigenvalue weighted by Crippen LogP contribution is -2.40. The average Bonchev–Trinajstić information content (AvgIpc) is 2.46. The highest BCUT2D eigenvalue weighted by atomic mass is 16.4. The van der Waals surface area contributed by atoms with Crippen LogP contribution in [0.1, 0.15) is 13.3 Å². The fourth-order valence-corrected chi connectivity index (χ4v) is 1.52. The van der Waals surface area contributed by atoms with Crippen molar-refractivity contribution in [3.63, 3.8) is 0 Å². The van der Waals surface area contributed by atoms with Gasteiger partial charge in [-0.15, -0.1) is 0 Å².